The Balaban J connectivity index is 1.21. The molecule has 0 radical (unpaired) electrons. The molecule has 3 heterocycles. The van der Waals surface area contributed by atoms with Gasteiger partial charge in [-0.3, -0.25) is 4.98 Å². The van der Waals surface area contributed by atoms with E-state index in [0.29, 0.717) is 0 Å². The second-order valence-electron chi connectivity index (χ2n) is 11.8. The fourth-order valence-corrected chi connectivity index (χ4v) is 7.30. The molecule has 0 saturated heterocycles. The molecule has 7 aromatic carbocycles. The summed E-state index contributed by atoms with van der Waals surface area (Å²) >= 11 is 0. The first-order valence-corrected chi connectivity index (χ1v) is 15.5. The minimum atomic E-state index is 0.744. The average molecular weight is 585 g/mol. The summed E-state index contributed by atoms with van der Waals surface area (Å²) in [5.74, 6) is 0.744. The van der Waals surface area contributed by atoms with Gasteiger partial charge in [-0.2, -0.15) is 0 Å². The minimum Gasteiger partial charge on any atom is -0.254 e. The van der Waals surface area contributed by atoms with E-state index in [1.165, 1.54) is 54.2 Å². The van der Waals surface area contributed by atoms with Crippen LogP contribution in [-0.4, -0.2) is 19.9 Å². The van der Waals surface area contributed by atoms with Gasteiger partial charge in [0.2, 0.25) is 0 Å². The quantitative estimate of drug-likeness (QED) is 0.194. The summed E-state index contributed by atoms with van der Waals surface area (Å²) in [7, 11) is 0. The van der Waals surface area contributed by atoms with Gasteiger partial charge in [0.25, 0.3) is 0 Å². The highest BCUT2D eigenvalue weighted by atomic mass is 14.9. The van der Waals surface area contributed by atoms with Crippen molar-refractivity contribution in [3.63, 3.8) is 0 Å². The lowest BCUT2D eigenvalue weighted by atomic mass is 9.86. The average Bonchev–Trinajstić information content (AvgIpc) is 3.13. The number of hydrogen-bond acceptors (Lipinski definition) is 4. The van der Waals surface area contributed by atoms with Crippen LogP contribution in [0.25, 0.3) is 98.7 Å². The van der Waals surface area contributed by atoms with Crippen LogP contribution < -0.4 is 0 Å². The highest BCUT2D eigenvalue weighted by Gasteiger charge is 2.18. The molecule has 0 aliphatic carbocycles. The Labute approximate surface area is 264 Å². The predicted octanol–water partition coefficient (Wildman–Crippen LogP) is 10.6. The molecule has 0 atom stereocenters. The summed E-state index contributed by atoms with van der Waals surface area (Å²) in [5.41, 5.74) is 7.38. The third-order valence-electron chi connectivity index (χ3n) is 9.39. The van der Waals surface area contributed by atoms with E-state index in [1.807, 2.05) is 18.3 Å². The predicted molar refractivity (Wildman–Crippen MR) is 190 cm³/mol. The molecular formula is C42H24N4. The molecule has 4 nitrogen and oxygen atoms in total. The van der Waals surface area contributed by atoms with E-state index in [0.717, 1.165) is 44.5 Å². The van der Waals surface area contributed by atoms with E-state index in [2.05, 4.69) is 130 Å². The van der Waals surface area contributed by atoms with Gasteiger partial charge in [0, 0.05) is 40.5 Å². The van der Waals surface area contributed by atoms with Crippen LogP contribution in [0.1, 0.15) is 0 Å². The van der Waals surface area contributed by atoms with Gasteiger partial charge in [-0.25, -0.2) is 15.0 Å². The Morgan fingerprint density at radius 2 is 0.870 bits per heavy atom. The fourth-order valence-electron chi connectivity index (χ4n) is 7.30. The molecule has 3 aromatic heterocycles. The van der Waals surface area contributed by atoms with E-state index in [4.69, 9.17) is 4.98 Å². The van der Waals surface area contributed by atoms with Crippen LogP contribution in [0, 0.1) is 0 Å². The van der Waals surface area contributed by atoms with Crippen LogP contribution in [0.3, 0.4) is 0 Å². The second-order valence-corrected chi connectivity index (χ2v) is 11.8. The molecule has 46 heavy (non-hydrogen) atoms. The van der Waals surface area contributed by atoms with Gasteiger partial charge in [0.15, 0.2) is 5.82 Å². The van der Waals surface area contributed by atoms with Gasteiger partial charge >= 0.3 is 0 Å². The van der Waals surface area contributed by atoms with E-state index in [1.54, 1.807) is 12.4 Å². The molecule has 10 aromatic rings. The van der Waals surface area contributed by atoms with Gasteiger partial charge in [-0.15, -0.1) is 0 Å². The lowest BCUT2D eigenvalue weighted by molar-refractivity contribution is 1.18. The van der Waals surface area contributed by atoms with E-state index in [-0.39, 0.29) is 0 Å². The van der Waals surface area contributed by atoms with Crippen molar-refractivity contribution in [3.05, 3.63) is 146 Å². The SMILES string of the molecule is c1cnc(-c2ccc3ccc4c(-c5ccc(-c6ccc7ccc8cccnc8c7n6)c6ccccc56)ccc5ccc2c3c54)nc1. The molecule has 0 aliphatic heterocycles. The number of hydrogen-bond donors (Lipinski definition) is 0. The molecule has 0 saturated carbocycles. The summed E-state index contributed by atoms with van der Waals surface area (Å²) in [4.78, 5) is 19.0. The second kappa shape index (κ2) is 9.62. The monoisotopic (exact) mass is 584 g/mol. The zero-order chi connectivity index (χ0) is 30.2. The number of benzene rings is 7. The molecule has 0 spiro atoms. The standard InChI is InChI=1S/C42H24N4/c1-2-7-30-29(6-1)31(19-20-33(30)37-21-14-28-9-8-27-5-3-22-43-40(27)41(28)46-37)32-15-10-25-12-17-35-36(42-44-23-4-24-45-42)18-13-26-11-16-34(32)38(25)39(26)35/h1-24H. The fraction of sp³-hybridized carbons (Fsp3) is 0. The van der Waals surface area contributed by atoms with Crippen LogP contribution in [0.4, 0.5) is 0 Å². The molecule has 4 heteroatoms. The van der Waals surface area contributed by atoms with Crippen LogP contribution in [0.2, 0.25) is 0 Å². The molecular weight excluding hydrogens is 560 g/mol. The number of rotatable bonds is 3. The molecule has 0 amide bonds. The number of aromatic nitrogens is 4. The van der Waals surface area contributed by atoms with Gasteiger partial charge in [0.1, 0.15) is 0 Å². The van der Waals surface area contributed by atoms with Crippen molar-refractivity contribution in [2.24, 2.45) is 0 Å². The Kier molecular flexibility index (Phi) is 5.25. The smallest absolute Gasteiger partial charge is 0.159 e. The lowest BCUT2D eigenvalue weighted by Crippen LogP contribution is -1.93. The number of pyridine rings is 2. The maximum absolute atomic E-state index is 5.19. The van der Waals surface area contributed by atoms with Crippen molar-refractivity contribution in [2.75, 3.05) is 0 Å². The van der Waals surface area contributed by atoms with Gasteiger partial charge in [0.05, 0.1) is 16.7 Å². The molecule has 0 fully saturated rings. The molecule has 10 rings (SSSR count). The van der Waals surface area contributed by atoms with Crippen molar-refractivity contribution in [1.29, 1.82) is 0 Å². The minimum absolute atomic E-state index is 0.744. The van der Waals surface area contributed by atoms with Gasteiger partial charge in [-0.1, -0.05) is 103 Å². The first-order chi connectivity index (χ1) is 22.8. The first-order valence-electron chi connectivity index (χ1n) is 15.5. The Hall–Kier alpha value is -6.26. The van der Waals surface area contributed by atoms with E-state index in [9.17, 15) is 0 Å². The maximum Gasteiger partial charge on any atom is 0.159 e. The molecule has 0 N–H and O–H groups in total. The summed E-state index contributed by atoms with van der Waals surface area (Å²) in [5, 5.41) is 11.9. The maximum atomic E-state index is 5.19. The summed E-state index contributed by atoms with van der Waals surface area (Å²) < 4.78 is 0. The highest BCUT2D eigenvalue weighted by Crippen LogP contribution is 2.44. The molecule has 0 unspecified atom stereocenters. The number of fused-ring (bicyclic) bond motifs is 4. The summed E-state index contributed by atoms with van der Waals surface area (Å²) in [6.45, 7) is 0. The van der Waals surface area contributed by atoms with Crippen molar-refractivity contribution in [1.82, 2.24) is 19.9 Å². The van der Waals surface area contributed by atoms with Crippen LogP contribution >= 0.6 is 0 Å². The molecule has 212 valence electrons. The van der Waals surface area contributed by atoms with Crippen LogP contribution in [0.5, 0.6) is 0 Å². The van der Waals surface area contributed by atoms with Gasteiger partial charge < -0.3 is 0 Å². The largest absolute Gasteiger partial charge is 0.254 e. The van der Waals surface area contributed by atoms with E-state index < -0.39 is 0 Å². The molecule has 0 aliphatic rings. The molecule has 0 bridgehead atoms. The van der Waals surface area contributed by atoms with Crippen molar-refractivity contribution < 1.29 is 0 Å². The Morgan fingerprint density at radius 1 is 0.326 bits per heavy atom. The van der Waals surface area contributed by atoms with Crippen molar-refractivity contribution in [3.8, 4) is 33.8 Å². The summed E-state index contributed by atoms with van der Waals surface area (Å²) in [6, 6.07) is 45.5. The van der Waals surface area contributed by atoms with Gasteiger partial charge in [-0.05, 0) is 78.5 Å². The van der Waals surface area contributed by atoms with Crippen LogP contribution in [0.15, 0.2) is 146 Å². The first kappa shape index (κ1) is 25.1. The third-order valence-corrected chi connectivity index (χ3v) is 9.39. The lowest BCUT2D eigenvalue weighted by Gasteiger charge is -2.17. The highest BCUT2D eigenvalue weighted by molar-refractivity contribution is 6.28. The van der Waals surface area contributed by atoms with Crippen molar-refractivity contribution in [2.45, 2.75) is 0 Å². The normalized spacial score (nSPS) is 11.9. The topological polar surface area (TPSA) is 51.6 Å². The van der Waals surface area contributed by atoms with Crippen molar-refractivity contribution >= 4 is 64.9 Å². The zero-order valence-electron chi connectivity index (χ0n) is 24.6. The zero-order valence-corrected chi connectivity index (χ0v) is 24.6. The number of nitrogens with zero attached hydrogens (tertiary/aromatic N) is 4. The Morgan fingerprint density at radius 3 is 1.65 bits per heavy atom. The van der Waals surface area contributed by atoms with E-state index >= 15 is 0 Å². The Bertz CT molecular complexity index is 2810. The van der Waals surface area contributed by atoms with Crippen LogP contribution in [-0.2, 0) is 0 Å². The summed E-state index contributed by atoms with van der Waals surface area (Å²) in [6.07, 6.45) is 5.45. The third kappa shape index (κ3) is 3.61.